The fourth-order valence-corrected chi connectivity index (χ4v) is 6.46. The lowest BCUT2D eigenvalue weighted by molar-refractivity contribution is -0.194. The first-order valence-corrected chi connectivity index (χ1v) is 8.58. The molecule has 2 atom stereocenters. The molecule has 6 bridgehead atoms. The minimum Gasteiger partial charge on any atom is -0.458 e. The molecule has 0 amide bonds. The van der Waals surface area contributed by atoms with E-state index in [0.29, 0.717) is 5.92 Å². The maximum Gasteiger partial charge on any atom is 0.316 e. The zero-order valence-corrected chi connectivity index (χ0v) is 12.1. The summed E-state index contributed by atoms with van der Waals surface area (Å²) in [4.78, 5) is 12.8. The molecular weight excluding hydrogens is 248 g/mol. The van der Waals surface area contributed by atoms with Crippen molar-refractivity contribution < 1.29 is 9.53 Å². The highest BCUT2D eigenvalue weighted by Crippen LogP contribution is 2.58. The van der Waals surface area contributed by atoms with E-state index >= 15 is 0 Å². The van der Waals surface area contributed by atoms with Crippen molar-refractivity contribution in [2.75, 3.05) is 0 Å². The van der Waals surface area contributed by atoms with Gasteiger partial charge in [-0.05, 0) is 81.5 Å². The minimum atomic E-state index is -0.228. The molecule has 2 heteroatoms. The summed E-state index contributed by atoms with van der Waals surface area (Å²) in [6.07, 6.45) is 15.4. The molecule has 6 aliphatic carbocycles. The first-order chi connectivity index (χ1) is 9.65. The number of rotatable bonds is 2. The molecule has 0 saturated heterocycles. The molecule has 0 aromatic heterocycles. The summed E-state index contributed by atoms with van der Waals surface area (Å²) in [7, 11) is 0. The number of ether oxygens (including phenoxy) is 1. The van der Waals surface area contributed by atoms with Crippen LogP contribution in [0.5, 0.6) is 0 Å². The van der Waals surface area contributed by atoms with Crippen LogP contribution in [0.15, 0.2) is 12.2 Å². The van der Waals surface area contributed by atoms with Gasteiger partial charge in [-0.1, -0.05) is 12.2 Å². The van der Waals surface area contributed by atoms with Crippen LogP contribution in [0.3, 0.4) is 0 Å². The molecule has 6 aliphatic rings. The SMILES string of the molecule is O=C(OC12CC3CC(CC(C3)C1)C2)C12C=CC(CC1)C2. The zero-order chi connectivity index (χ0) is 13.4. The minimum absolute atomic E-state index is 0.0604. The van der Waals surface area contributed by atoms with Gasteiger partial charge in [-0.25, -0.2) is 0 Å². The van der Waals surface area contributed by atoms with Gasteiger partial charge in [-0.2, -0.15) is 0 Å². The van der Waals surface area contributed by atoms with E-state index in [0.717, 1.165) is 49.9 Å². The number of hydrogen-bond donors (Lipinski definition) is 0. The van der Waals surface area contributed by atoms with Gasteiger partial charge in [-0.15, -0.1) is 0 Å². The van der Waals surface area contributed by atoms with Crippen LogP contribution in [0.25, 0.3) is 0 Å². The Hall–Kier alpha value is -0.790. The van der Waals surface area contributed by atoms with Crippen molar-refractivity contribution in [2.24, 2.45) is 29.1 Å². The fourth-order valence-electron chi connectivity index (χ4n) is 6.46. The van der Waals surface area contributed by atoms with Gasteiger partial charge >= 0.3 is 5.97 Å². The molecule has 0 aromatic rings. The molecule has 20 heavy (non-hydrogen) atoms. The van der Waals surface area contributed by atoms with Crippen LogP contribution in [0.1, 0.15) is 57.8 Å². The van der Waals surface area contributed by atoms with Gasteiger partial charge in [0.1, 0.15) is 5.60 Å². The smallest absolute Gasteiger partial charge is 0.316 e. The Balaban J connectivity index is 1.39. The van der Waals surface area contributed by atoms with Crippen molar-refractivity contribution in [3.63, 3.8) is 0 Å². The number of carbonyl (C=O) groups is 1. The van der Waals surface area contributed by atoms with E-state index in [9.17, 15) is 4.79 Å². The average molecular weight is 272 g/mol. The molecule has 108 valence electrons. The summed E-state index contributed by atoms with van der Waals surface area (Å²) >= 11 is 0. The second kappa shape index (κ2) is 3.69. The number of esters is 1. The van der Waals surface area contributed by atoms with Crippen LogP contribution >= 0.6 is 0 Å². The quantitative estimate of drug-likeness (QED) is 0.563. The molecule has 0 heterocycles. The van der Waals surface area contributed by atoms with Crippen LogP contribution in [-0.4, -0.2) is 11.6 Å². The van der Waals surface area contributed by atoms with Gasteiger partial charge in [0.2, 0.25) is 0 Å². The van der Waals surface area contributed by atoms with Gasteiger partial charge in [0.25, 0.3) is 0 Å². The molecule has 5 fully saturated rings. The average Bonchev–Trinajstić information content (AvgIpc) is 2.98. The first-order valence-electron chi connectivity index (χ1n) is 8.58. The predicted molar refractivity (Wildman–Crippen MR) is 75.9 cm³/mol. The van der Waals surface area contributed by atoms with Gasteiger partial charge in [0.15, 0.2) is 0 Å². The third-order valence-corrected chi connectivity index (χ3v) is 6.97. The number of hydrogen-bond acceptors (Lipinski definition) is 2. The standard InChI is InChI=1S/C18H24O2/c19-16(17-3-1-12(8-17)2-4-17)20-18-9-13-5-14(10-18)7-15(6-13)11-18/h1,3,12-15H,2,4-11H2. The highest BCUT2D eigenvalue weighted by atomic mass is 16.6. The molecule has 5 saturated carbocycles. The lowest BCUT2D eigenvalue weighted by Crippen LogP contribution is -2.53. The number of allylic oxidation sites excluding steroid dienone is 1. The zero-order valence-electron chi connectivity index (χ0n) is 12.1. The summed E-state index contributed by atoms with van der Waals surface area (Å²) in [6.45, 7) is 0. The van der Waals surface area contributed by atoms with Crippen LogP contribution in [0, 0.1) is 29.1 Å². The Morgan fingerprint density at radius 2 is 1.65 bits per heavy atom. The van der Waals surface area contributed by atoms with Crippen LogP contribution < -0.4 is 0 Å². The van der Waals surface area contributed by atoms with Crippen molar-refractivity contribution in [1.82, 2.24) is 0 Å². The van der Waals surface area contributed by atoms with Crippen molar-refractivity contribution >= 4 is 5.97 Å². The summed E-state index contributed by atoms with van der Waals surface area (Å²) in [6, 6.07) is 0. The summed E-state index contributed by atoms with van der Waals surface area (Å²) in [5.41, 5.74) is -0.289. The van der Waals surface area contributed by atoms with E-state index in [1.807, 2.05) is 0 Å². The van der Waals surface area contributed by atoms with Crippen LogP contribution in [0.4, 0.5) is 0 Å². The van der Waals surface area contributed by atoms with Crippen LogP contribution in [-0.2, 0) is 9.53 Å². The number of carbonyl (C=O) groups excluding carboxylic acids is 1. The van der Waals surface area contributed by atoms with Gasteiger partial charge in [0.05, 0.1) is 5.41 Å². The lowest BCUT2D eigenvalue weighted by atomic mass is 9.54. The molecule has 0 spiro atoms. The highest BCUT2D eigenvalue weighted by Gasteiger charge is 2.56. The monoisotopic (exact) mass is 272 g/mol. The molecule has 6 rings (SSSR count). The Morgan fingerprint density at radius 1 is 1.00 bits per heavy atom. The van der Waals surface area contributed by atoms with E-state index in [1.54, 1.807) is 0 Å². The number of fused-ring (bicyclic) bond motifs is 2. The van der Waals surface area contributed by atoms with Crippen molar-refractivity contribution in [3.05, 3.63) is 12.2 Å². The van der Waals surface area contributed by atoms with Crippen molar-refractivity contribution in [1.29, 1.82) is 0 Å². The molecule has 2 unspecified atom stereocenters. The highest BCUT2D eigenvalue weighted by molar-refractivity contribution is 5.81. The Morgan fingerprint density at radius 3 is 2.10 bits per heavy atom. The maximum absolute atomic E-state index is 12.8. The molecular formula is C18H24O2. The van der Waals surface area contributed by atoms with E-state index in [2.05, 4.69) is 12.2 Å². The van der Waals surface area contributed by atoms with Gasteiger partial charge in [-0.3, -0.25) is 4.79 Å². The second-order valence-electron chi connectivity index (χ2n) is 8.51. The largest absolute Gasteiger partial charge is 0.458 e. The lowest BCUT2D eigenvalue weighted by Gasteiger charge is -2.56. The molecule has 0 aromatic carbocycles. The first kappa shape index (κ1) is 11.8. The van der Waals surface area contributed by atoms with E-state index in [4.69, 9.17) is 4.74 Å². The van der Waals surface area contributed by atoms with Crippen molar-refractivity contribution in [2.45, 2.75) is 63.4 Å². The van der Waals surface area contributed by atoms with Crippen molar-refractivity contribution in [3.8, 4) is 0 Å². The van der Waals surface area contributed by atoms with E-state index in [-0.39, 0.29) is 17.0 Å². The third kappa shape index (κ3) is 1.54. The van der Waals surface area contributed by atoms with E-state index in [1.165, 1.54) is 25.7 Å². The fraction of sp³-hybridized carbons (Fsp3) is 0.833. The normalized spacial score (nSPS) is 54.6. The molecule has 0 aliphatic heterocycles. The summed E-state index contributed by atoms with van der Waals surface area (Å²) in [5, 5.41) is 0. The predicted octanol–water partition coefficient (Wildman–Crippen LogP) is 3.85. The molecule has 2 nitrogen and oxygen atoms in total. The maximum atomic E-state index is 12.8. The van der Waals surface area contributed by atoms with Crippen LogP contribution in [0.2, 0.25) is 0 Å². The summed E-state index contributed by atoms with van der Waals surface area (Å²) in [5.74, 6) is 3.32. The Labute approximate surface area is 120 Å². The third-order valence-electron chi connectivity index (χ3n) is 6.97. The topological polar surface area (TPSA) is 26.3 Å². The Kier molecular flexibility index (Phi) is 2.18. The second-order valence-corrected chi connectivity index (χ2v) is 8.51. The molecule has 0 N–H and O–H groups in total. The van der Waals surface area contributed by atoms with Gasteiger partial charge in [0, 0.05) is 0 Å². The summed E-state index contributed by atoms with van der Waals surface area (Å²) < 4.78 is 6.27. The Bertz CT molecular complexity index is 456. The van der Waals surface area contributed by atoms with Gasteiger partial charge < -0.3 is 4.74 Å². The van der Waals surface area contributed by atoms with E-state index < -0.39 is 0 Å². The molecule has 0 radical (unpaired) electrons.